The zero-order chi connectivity index (χ0) is 21.3. The Balaban J connectivity index is 2.30. The van der Waals surface area contributed by atoms with Crippen LogP contribution in [-0.2, 0) is 12.4 Å². The van der Waals surface area contributed by atoms with Crippen molar-refractivity contribution >= 4 is 40.5 Å². The topological polar surface area (TPSA) is 32.3 Å². The van der Waals surface area contributed by atoms with Crippen molar-refractivity contribution in [2.45, 2.75) is 25.3 Å². The molecule has 2 amide bonds. The second kappa shape index (κ2) is 8.24. The van der Waals surface area contributed by atoms with E-state index >= 15 is 0 Å². The monoisotopic (exact) mass is 486 g/mol. The molecule has 11 heteroatoms. The Kier molecular flexibility index (Phi) is 6.59. The van der Waals surface area contributed by atoms with Crippen molar-refractivity contribution < 1.29 is 31.1 Å². The second-order valence-electron chi connectivity index (χ2n) is 5.80. The summed E-state index contributed by atoms with van der Waals surface area (Å²) < 4.78 is 78.9. The smallest absolute Gasteiger partial charge is 0.330 e. The number of amides is 2. The zero-order valence-electron chi connectivity index (χ0n) is 14.1. The van der Waals surface area contributed by atoms with E-state index in [1.165, 1.54) is 0 Å². The first-order valence-corrected chi connectivity index (χ1v) is 8.83. The molecule has 0 saturated heterocycles. The maximum Gasteiger partial charge on any atom is 0.416 e. The Morgan fingerprint density at radius 2 is 1.46 bits per heavy atom. The van der Waals surface area contributed by atoms with Crippen molar-refractivity contribution in [1.82, 2.24) is 5.32 Å². The molecular formula is C17H13BrF6N2OS. The number of carbonyl (C=O) groups is 1. The van der Waals surface area contributed by atoms with E-state index in [9.17, 15) is 31.1 Å². The van der Waals surface area contributed by atoms with Gasteiger partial charge in [-0.25, -0.2) is 9.10 Å². The van der Waals surface area contributed by atoms with E-state index in [0.29, 0.717) is 22.0 Å². The third-order valence-corrected chi connectivity index (χ3v) is 4.66. The fourth-order valence-corrected chi connectivity index (χ4v) is 2.70. The minimum Gasteiger partial charge on any atom is -0.330 e. The maximum atomic E-state index is 12.9. The summed E-state index contributed by atoms with van der Waals surface area (Å²) in [6.45, 7) is 1.61. The van der Waals surface area contributed by atoms with E-state index in [1.54, 1.807) is 31.2 Å². The van der Waals surface area contributed by atoms with Crippen LogP contribution in [0.3, 0.4) is 0 Å². The summed E-state index contributed by atoms with van der Waals surface area (Å²) in [5.41, 5.74) is -3.06. The fraction of sp³-hybridized carbons (Fsp3) is 0.235. The van der Waals surface area contributed by atoms with Gasteiger partial charge in [-0.3, -0.25) is 0 Å². The van der Waals surface area contributed by atoms with Crippen LogP contribution in [-0.4, -0.2) is 6.03 Å². The number of carbonyl (C=O) groups excluding carboxylic acids is 1. The summed E-state index contributed by atoms with van der Waals surface area (Å²) in [6.07, 6.45) is -10.0. The highest BCUT2D eigenvalue weighted by molar-refractivity contribution is 9.10. The van der Waals surface area contributed by atoms with E-state index in [-0.39, 0.29) is 6.07 Å². The number of thiol groups is 1. The van der Waals surface area contributed by atoms with Crippen LogP contribution in [0.25, 0.3) is 0 Å². The van der Waals surface area contributed by atoms with Gasteiger partial charge in [-0.2, -0.15) is 26.3 Å². The van der Waals surface area contributed by atoms with Gasteiger partial charge in [-0.1, -0.05) is 40.9 Å². The number of anilines is 1. The molecule has 0 bridgehead atoms. The van der Waals surface area contributed by atoms with Crippen molar-refractivity contribution in [1.29, 1.82) is 0 Å². The Morgan fingerprint density at radius 3 is 1.89 bits per heavy atom. The molecule has 1 unspecified atom stereocenters. The fourth-order valence-electron chi connectivity index (χ4n) is 2.26. The summed E-state index contributed by atoms with van der Waals surface area (Å²) in [4.78, 5) is 12.3. The third-order valence-electron chi connectivity index (χ3n) is 3.72. The van der Waals surface area contributed by atoms with Crippen LogP contribution in [0, 0.1) is 0 Å². The summed E-state index contributed by atoms with van der Waals surface area (Å²) in [5, 5.41) is 2.46. The number of rotatable bonds is 3. The molecule has 2 aromatic rings. The van der Waals surface area contributed by atoms with Gasteiger partial charge in [0.1, 0.15) is 0 Å². The van der Waals surface area contributed by atoms with Gasteiger partial charge in [-0.15, -0.1) is 0 Å². The van der Waals surface area contributed by atoms with Gasteiger partial charge >= 0.3 is 18.4 Å². The van der Waals surface area contributed by atoms with Crippen molar-refractivity contribution in [3.05, 3.63) is 63.6 Å². The molecule has 0 spiro atoms. The number of benzene rings is 2. The lowest BCUT2D eigenvalue weighted by Crippen LogP contribution is -2.36. The lowest BCUT2D eigenvalue weighted by atomic mass is 10.1. The predicted octanol–water partition coefficient (Wildman–Crippen LogP) is 6.61. The number of nitrogens with one attached hydrogen (secondary N) is 1. The van der Waals surface area contributed by atoms with Crippen LogP contribution < -0.4 is 9.62 Å². The molecular weight excluding hydrogens is 474 g/mol. The SMILES string of the molecule is CC(NC(=O)N(S)c1cc(C(F)(F)F)cc(C(F)(F)F)c1)c1ccc(Br)cc1. The van der Waals surface area contributed by atoms with Crippen LogP contribution >= 0.6 is 28.7 Å². The van der Waals surface area contributed by atoms with Crippen LogP contribution in [0.5, 0.6) is 0 Å². The maximum absolute atomic E-state index is 12.9. The van der Waals surface area contributed by atoms with Crippen LogP contribution in [0.15, 0.2) is 46.9 Å². The van der Waals surface area contributed by atoms with Gasteiger partial charge in [0.2, 0.25) is 0 Å². The molecule has 2 rings (SSSR count). The lowest BCUT2D eigenvalue weighted by molar-refractivity contribution is -0.143. The number of hydrogen-bond donors (Lipinski definition) is 2. The number of nitrogens with zero attached hydrogens (tertiary/aromatic N) is 1. The van der Waals surface area contributed by atoms with Gasteiger partial charge in [0, 0.05) is 4.47 Å². The Bertz CT molecular complexity index is 822. The molecule has 0 radical (unpaired) electrons. The highest BCUT2D eigenvalue weighted by Crippen LogP contribution is 2.38. The first kappa shape index (κ1) is 22.4. The molecule has 0 heterocycles. The quantitative estimate of drug-likeness (QED) is 0.371. The normalized spacial score (nSPS) is 13.2. The molecule has 2 aromatic carbocycles. The molecule has 3 nitrogen and oxygen atoms in total. The molecule has 0 aliphatic heterocycles. The van der Waals surface area contributed by atoms with Gasteiger partial charge in [0.25, 0.3) is 0 Å². The molecule has 1 N–H and O–H groups in total. The minimum atomic E-state index is -5.02. The third kappa shape index (κ3) is 5.57. The first-order chi connectivity index (χ1) is 12.8. The van der Waals surface area contributed by atoms with E-state index in [2.05, 4.69) is 34.1 Å². The molecule has 152 valence electrons. The van der Waals surface area contributed by atoms with Crippen molar-refractivity contribution in [3.8, 4) is 0 Å². The Labute approximate surface area is 170 Å². The van der Waals surface area contributed by atoms with Gasteiger partial charge in [0.15, 0.2) is 0 Å². The number of urea groups is 1. The van der Waals surface area contributed by atoms with E-state index in [1.807, 2.05) is 0 Å². The minimum absolute atomic E-state index is 0.0204. The molecule has 0 aliphatic rings. The average molecular weight is 487 g/mol. The summed E-state index contributed by atoms with van der Waals surface area (Å²) in [6, 6.07) is 6.12. The molecule has 28 heavy (non-hydrogen) atoms. The van der Waals surface area contributed by atoms with Crippen LogP contribution in [0.1, 0.15) is 29.7 Å². The molecule has 0 aliphatic carbocycles. The summed E-state index contributed by atoms with van der Waals surface area (Å²) in [7, 11) is 0. The van der Waals surface area contributed by atoms with E-state index < -0.39 is 41.2 Å². The molecule has 0 aromatic heterocycles. The molecule has 1 atom stereocenters. The van der Waals surface area contributed by atoms with E-state index in [0.717, 1.165) is 4.47 Å². The van der Waals surface area contributed by atoms with Crippen LogP contribution in [0.2, 0.25) is 0 Å². The zero-order valence-corrected chi connectivity index (χ0v) is 16.5. The lowest BCUT2D eigenvalue weighted by Gasteiger charge is -2.22. The van der Waals surface area contributed by atoms with Crippen molar-refractivity contribution in [2.24, 2.45) is 0 Å². The highest BCUT2D eigenvalue weighted by atomic mass is 79.9. The average Bonchev–Trinajstić information content (AvgIpc) is 2.59. The van der Waals surface area contributed by atoms with Crippen LogP contribution in [0.4, 0.5) is 36.8 Å². The highest BCUT2D eigenvalue weighted by Gasteiger charge is 2.37. The Morgan fingerprint density at radius 1 is 1.00 bits per heavy atom. The molecule has 0 saturated carbocycles. The van der Waals surface area contributed by atoms with Gasteiger partial charge in [0.05, 0.1) is 22.9 Å². The molecule has 0 fully saturated rings. The second-order valence-corrected chi connectivity index (χ2v) is 7.11. The first-order valence-electron chi connectivity index (χ1n) is 7.63. The number of alkyl halides is 6. The largest absolute Gasteiger partial charge is 0.416 e. The summed E-state index contributed by atoms with van der Waals surface area (Å²) in [5.74, 6) is 0. The van der Waals surface area contributed by atoms with Crippen molar-refractivity contribution in [2.75, 3.05) is 4.31 Å². The number of hydrogen-bond acceptors (Lipinski definition) is 2. The van der Waals surface area contributed by atoms with Gasteiger partial charge < -0.3 is 5.32 Å². The van der Waals surface area contributed by atoms with Gasteiger partial charge in [-0.05, 0) is 42.8 Å². The predicted molar refractivity (Wildman–Crippen MR) is 99.0 cm³/mol. The number of halogens is 7. The van der Waals surface area contributed by atoms with E-state index in [4.69, 9.17) is 0 Å². The summed E-state index contributed by atoms with van der Waals surface area (Å²) >= 11 is 7.04. The van der Waals surface area contributed by atoms with Crippen molar-refractivity contribution in [3.63, 3.8) is 0 Å². The standard InChI is InChI=1S/C17H13BrF6N2OS/c1-9(10-2-4-13(18)5-3-10)25-15(27)26(28)14-7-11(16(19,20)21)6-12(8-14)17(22,23)24/h2-9,28H,1H3,(H,25,27). The Hall–Kier alpha value is -1.88.